The molecule has 0 aromatic carbocycles. The fraction of sp³-hybridized carbons (Fsp3) is 0. The van der Waals surface area contributed by atoms with Crippen LogP contribution in [0.4, 0.5) is 4.79 Å². The molecule has 0 aliphatic carbocycles. The molecule has 6 heteroatoms. The van der Waals surface area contributed by atoms with Crippen LogP contribution in [0.3, 0.4) is 0 Å². The summed E-state index contributed by atoms with van der Waals surface area (Å²) in [6.07, 6.45) is -1.33. The van der Waals surface area contributed by atoms with E-state index in [0.717, 1.165) is 0 Å². The first kappa shape index (κ1) is 15.7. The Hall–Kier alpha value is 0.138. The number of carboxylic acid groups (broad SMARTS) is 1. The van der Waals surface area contributed by atoms with E-state index >= 15 is 0 Å². The molecule has 0 heterocycles. The quantitative estimate of drug-likeness (QED) is 0.521. The molecule has 0 aliphatic rings. The zero-order valence-electron chi connectivity index (χ0n) is 3.25. The summed E-state index contributed by atoms with van der Waals surface area (Å²) < 4.78 is 0. The van der Waals surface area contributed by atoms with Gasteiger partial charge in [0.2, 0.25) is 0 Å². The van der Waals surface area contributed by atoms with Crippen LogP contribution in [0.1, 0.15) is 0 Å². The molecule has 0 atom stereocenters. The van der Waals surface area contributed by atoms with Gasteiger partial charge in [0.05, 0.1) is 0 Å². The molecule has 0 saturated carbocycles. The second-order valence-electron chi connectivity index (χ2n) is 0.338. The summed E-state index contributed by atoms with van der Waals surface area (Å²) in [6.45, 7) is 0. The number of carbonyl (C=O) groups is 1. The van der Waals surface area contributed by atoms with Gasteiger partial charge in [0.15, 0.2) is 0 Å². The Labute approximate surface area is 55.4 Å². The average Bonchev–Trinajstić information content (AvgIpc) is 1.41. The summed E-state index contributed by atoms with van der Waals surface area (Å²) >= 11 is 1.53. The molecule has 0 aromatic rings. The third-order valence-electron chi connectivity index (χ3n) is 0. The van der Waals surface area contributed by atoms with E-state index in [1.54, 1.807) is 0 Å². The molecule has 0 aliphatic heterocycles. The van der Waals surface area contributed by atoms with Gasteiger partial charge < -0.3 is 16.3 Å². The molecule has 44 valence electrons. The minimum atomic E-state index is -1.33. The molecule has 5 N–H and O–H groups in total. The fourth-order valence-corrected chi connectivity index (χ4v) is 0. The van der Waals surface area contributed by atoms with Crippen LogP contribution < -0.4 is 5.73 Å². The van der Waals surface area contributed by atoms with Crippen LogP contribution in [-0.2, 0) is 18.0 Å². The third kappa shape index (κ3) is 5500. The Morgan fingerprint density at radius 2 is 1.71 bits per heavy atom. The molecule has 0 aromatic heterocycles. The van der Waals surface area contributed by atoms with E-state index in [2.05, 4.69) is 15.6 Å². The summed E-state index contributed by atoms with van der Waals surface area (Å²) in [5.41, 5.74) is 4.03. The number of amides is 1. The predicted molar refractivity (Wildman–Crippen MR) is 23.4 cm³/mol. The van der Waals surface area contributed by atoms with Crippen LogP contribution in [-0.4, -0.2) is 16.7 Å². The van der Waals surface area contributed by atoms with Gasteiger partial charge in [0.1, 0.15) is 0 Å². The maximum atomic E-state index is 8.78. The van der Waals surface area contributed by atoms with Crippen LogP contribution >= 0.6 is 9.82 Å². The van der Waals surface area contributed by atoms with E-state index in [0.29, 0.717) is 0 Å². The summed E-state index contributed by atoms with van der Waals surface area (Å²) in [6, 6.07) is 0. The number of primary amides is 1. The molecule has 0 saturated heterocycles. The van der Waals surface area contributed by atoms with Gasteiger partial charge in [-0.05, 0) is 0 Å². The summed E-state index contributed by atoms with van der Waals surface area (Å²) in [4.78, 5) is 8.78. The molecule has 0 radical (unpaired) electrons. The van der Waals surface area contributed by atoms with Gasteiger partial charge in [-0.3, -0.25) is 0 Å². The molecule has 7 heavy (non-hydrogen) atoms. The van der Waals surface area contributed by atoms with Crippen LogP contribution in [0, 0.1) is 0 Å². The molecule has 0 rings (SSSR count). The first-order chi connectivity index (χ1) is 2.73. The summed E-state index contributed by atoms with van der Waals surface area (Å²) in [7, 11) is 4.09. The second-order valence-corrected chi connectivity index (χ2v) is 0.338. The normalized spacial score (nSPS) is 4.00. The zero-order valence-corrected chi connectivity index (χ0v) is 6.07. The molecule has 0 unspecified atom stereocenters. The molecular weight excluding hydrogens is 202 g/mol. The van der Waals surface area contributed by atoms with E-state index < -0.39 is 6.09 Å². The van der Waals surface area contributed by atoms with Crippen molar-refractivity contribution in [2.75, 3.05) is 0 Å². The van der Waals surface area contributed by atoms with Crippen LogP contribution in [0.15, 0.2) is 0 Å². The van der Waals surface area contributed by atoms with Gasteiger partial charge in [-0.25, -0.2) is 4.79 Å². The Balaban J connectivity index is -0.0000000480. The second kappa shape index (κ2) is 16.5. The van der Waals surface area contributed by atoms with Gasteiger partial charge in [-0.1, -0.05) is 0 Å². The van der Waals surface area contributed by atoms with E-state index in [-0.39, 0.29) is 5.48 Å². The Morgan fingerprint density at radius 1 is 1.71 bits per heavy atom. The topological polar surface area (TPSA) is 94.8 Å². The van der Waals surface area contributed by atoms with Gasteiger partial charge in [0, 0.05) is 0 Å². The average molecular weight is 207 g/mol. The predicted octanol–water partition coefficient (Wildman–Crippen LogP) is -0.556. The zero-order chi connectivity index (χ0) is 5.58. The van der Waals surface area contributed by atoms with E-state index in [1.165, 1.54) is 18.0 Å². The molecular formula is CH5MoNO3S. The SMILES string of the molecule is NC(=O)O.O.[S]=[Mo]. The van der Waals surface area contributed by atoms with Crippen molar-refractivity contribution in [2.24, 2.45) is 5.73 Å². The minimum absolute atomic E-state index is 0. The van der Waals surface area contributed by atoms with E-state index in [1.807, 2.05) is 0 Å². The number of rotatable bonds is 0. The van der Waals surface area contributed by atoms with Crippen molar-refractivity contribution in [3.63, 3.8) is 0 Å². The molecule has 0 fully saturated rings. The van der Waals surface area contributed by atoms with E-state index in [4.69, 9.17) is 9.90 Å². The third-order valence-corrected chi connectivity index (χ3v) is 0. The Morgan fingerprint density at radius 3 is 1.71 bits per heavy atom. The van der Waals surface area contributed by atoms with Gasteiger partial charge in [0.25, 0.3) is 0 Å². The van der Waals surface area contributed by atoms with Gasteiger partial charge in [-0.15, -0.1) is 0 Å². The first-order valence-electron chi connectivity index (χ1n) is 0.883. The maximum absolute atomic E-state index is 8.78. The van der Waals surface area contributed by atoms with Crippen LogP contribution in [0.25, 0.3) is 0 Å². The van der Waals surface area contributed by atoms with Crippen molar-refractivity contribution in [2.45, 2.75) is 0 Å². The fourth-order valence-electron chi connectivity index (χ4n) is 0. The van der Waals surface area contributed by atoms with Gasteiger partial charge in [-0.2, -0.15) is 0 Å². The van der Waals surface area contributed by atoms with Crippen LogP contribution in [0.5, 0.6) is 0 Å². The summed E-state index contributed by atoms with van der Waals surface area (Å²) in [5, 5.41) is 7.19. The van der Waals surface area contributed by atoms with E-state index in [9.17, 15) is 0 Å². The van der Waals surface area contributed by atoms with Crippen molar-refractivity contribution < 1.29 is 33.4 Å². The number of hydrogen-bond acceptors (Lipinski definition) is 2. The molecule has 0 bridgehead atoms. The van der Waals surface area contributed by atoms with Crippen molar-refractivity contribution in [3.05, 3.63) is 0 Å². The Bertz CT molecular complexity index is 46.2. The van der Waals surface area contributed by atoms with Gasteiger partial charge >= 0.3 is 33.9 Å². The van der Waals surface area contributed by atoms with Crippen molar-refractivity contribution >= 4 is 15.9 Å². The Kier molecular flexibility index (Phi) is 36.9. The van der Waals surface area contributed by atoms with Crippen molar-refractivity contribution in [1.29, 1.82) is 0 Å². The first-order valence-corrected chi connectivity index (χ1v) is 3.67. The molecule has 1 amide bonds. The molecule has 4 nitrogen and oxygen atoms in total. The summed E-state index contributed by atoms with van der Waals surface area (Å²) in [5.74, 6) is 0. The number of hydrogen-bond donors (Lipinski definition) is 2. The standard InChI is InChI=1S/CH3NO2.Mo.H2O.S/c2-1(3)4;;;/h2H2,(H,3,4);;1H2;. The number of nitrogens with two attached hydrogens (primary N) is 1. The monoisotopic (exact) mass is 209 g/mol. The van der Waals surface area contributed by atoms with Crippen LogP contribution in [0.2, 0.25) is 0 Å². The van der Waals surface area contributed by atoms with Crippen molar-refractivity contribution in [1.82, 2.24) is 0 Å². The molecule has 0 spiro atoms. The van der Waals surface area contributed by atoms with Crippen molar-refractivity contribution in [3.8, 4) is 0 Å².